The fourth-order valence-electron chi connectivity index (χ4n) is 3.45. The number of hydrogen-bond acceptors (Lipinski definition) is 6. The summed E-state index contributed by atoms with van der Waals surface area (Å²) in [5.41, 5.74) is 0.826. The van der Waals surface area contributed by atoms with Gasteiger partial charge < -0.3 is 25.0 Å². The van der Waals surface area contributed by atoms with Crippen molar-refractivity contribution >= 4 is 11.7 Å². The van der Waals surface area contributed by atoms with Gasteiger partial charge in [-0.25, -0.2) is 4.39 Å². The molecule has 0 aliphatic carbocycles. The highest BCUT2D eigenvalue weighted by Gasteiger charge is 2.49. The lowest BCUT2D eigenvalue weighted by Crippen LogP contribution is -2.61. The molecule has 1 saturated heterocycles. The molecular weight excluding hydrogens is 405 g/mol. The number of aliphatic hydroxyl groups excluding tert-OH is 2. The van der Waals surface area contributed by atoms with Crippen LogP contribution in [0.5, 0.6) is 5.75 Å². The molecule has 0 spiro atoms. The Morgan fingerprint density at radius 3 is 2.65 bits per heavy atom. The molecule has 0 radical (unpaired) electrons. The van der Waals surface area contributed by atoms with Crippen molar-refractivity contribution in [2.24, 2.45) is 0 Å². The first-order valence-electron chi connectivity index (χ1n) is 9.97. The minimum absolute atomic E-state index is 0.147. The van der Waals surface area contributed by atoms with E-state index in [-0.39, 0.29) is 5.91 Å². The van der Waals surface area contributed by atoms with Crippen molar-refractivity contribution in [2.45, 2.75) is 51.3 Å². The second-order valence-corrected chi connectivity index (χ2v) is 7.98. The smallest absolute Gasteiger partial charge is 0.230 e. The molecule has 8 heteroatoms. The molecule has 1 heterocycles. The van der Waals surface area contributed by atoms with Gasteiger partial charge in [0.2, 0.25) is 12.2 Å². The molecule has 0 bridgehead atoms. The van der Waals surface area contributed by atoms with Crippen molar-refractivity contribution < 1.29 is 33.7 Å². The lowest BCUT2D eigenvalue weighted by molar-refractivity contribution is -0.246. The van der Waals surface area contributed by atoms with Crippen molar-refractivity contribution in [1.82, 2.24) is 5.32 Å². The van der Waals surface area contributed by atoms with E-state index < -0.39 is 35.7 Å². The van der Waals surface area contributed by atoms with Gasteiger partial charge in [-0.3, -0.25) is 9.59 Å². The van der Waals surface area contributed by atoms with Crippen LogP contribution in [-0.2, 0) is 20.7 Å². The van der Waals surface area contributed by atoms with Gasteiger partial charge in [0.15, 0.2) is 5.78 Å². The normalized spacial score (nSPS) is 22.8. The highest BCUT2D eigenvalue weighted by molar-refractivity contribution is 5.91. The number of carbonyl (C=O) groups is 2. The summed E-state index contributed by atoms with van der Waals surface area (Å²) in [5.74, 6) is -0.866. The van der Waals surface area contributed by atoms with E-state index in [2.05, 4.69) is 5.32 Å². The average Bonchev–Trinajstić information content (AvgIpc) is 2.71. The average molecular weight is 431 g/mol. The van der Waals surface area contributed by atoms with Crippen LogP contribution in [0.1, 0.15) is 26.3 Å². The first-order chi connectivity index (χ1) is 14.6. The molecule has 3 rings (SSSR count). The minimum Gasteiger partial charge on any atom is -0.462 e. The van der Waals surface area contributed by atoms with Crippen molar-refractivity contribution in [3.05, 3.63) is 53.8 Å². The number of Topliss-reactive ketones (excluding diaryl/α,β-unsaturated/α-hetero) is 1. The predicted molar refractivity (Wildman–Crippen MR) is 111 cm³/mol. The number of benzene rings is 2. The van der Waals surface area contributed by atoms with Crippen LogP contribution in [0.15, 0.2) is 42.5 Å². The van der Waals surface area contributed by atoms with Crippen molar-refractivity contribution in [3.8, 4) is 16.9 Å². The fourth-order valence-corrected chi connectivity index (χ4v) is 3.45. The van der Waals surface area contributed by atoms with E-state index in [1.807, 2.05) is 0 Å². The topological polar surface area (TPSA) is 105 Å². The monoisotopic (exact) mass is 431 g/mol. The third-order valence-corrected chi connectivity index (χ3v) is 5.11. The number of amides is 1. The van der Waals surface area contributed by atoms with Crippen LogP contribution in [0.3, 0.4) is 0 Å². The maximum absolute atomic E-state index is 13.8. The molecule has 1 aliphatic rings. The van der Waals surface area contributed by atoms with E-state index in [4.69, 9.17) is 9.47 Å². The zero-order valence-corrected chi connectivity index (χ0v) is 17.6. The van der Waals surface area contributed by atoms with Crippen LogP contribution < -0.4 is 10.1 Å². The van der Waals surface area contributed by atoms with Crippen molar-refractivity contribution in [2.75, 3.05) is 6.54 Å². The summed E-state index contributed by atoms with van der Waals surface area (Å²) >= 11 is 0. The van der Waals surface area contributed by atoms with E-state index in [9.17, 15) is 24.2 Å². The maximum Gasteiger partial charge on any atom is 0.230 e. The molecule has 3 atom stereocenters. The molecule has 2 aromatic rings. The van der Waals surface area contributed by atoms with Gasteiger partial charge in [0.25, 0.3) is 0 Å². The molecule has 166 valence electrons. The highest BCUT2D eigenvalue weighted by atomic mass is 19.1. The van der Waals surface area contributed by atoms with Gasteiger partial charge in [-0.15, -0.1) is 0 Å². The minimum atomic E-state index is -1.63. The Kier molecular flexibility index (Phi) is 6.74. The summed E-state index contributed by atoms with van der Waals surface area (Å²) in [7, 11) is 0. The van der Waals surface area contributed by atoms with Gasteiger partial charge in [-0.05, 0) is 61.2 Å². The number of hydrogen-bond donors (Lipinski definition) is 3. The molecule has 0 aromatic heterocycles. The van der Waals surface area contributed by atoms with Crippen LogP contribution in [0.25, 0.3) is 11.1 Å². The standard InChI is InChI=1S/C23H26FNO6/c1-13(26)25-10-9-14-7-8-17(12-18(14)15-5-4-6-16(24)11-15)30-22-20(28)19(27)21(29)23(2,3)31-22/h4-8,11-12,19-20,22,27-28H,9-10H2,1-3H3,(H,25,26)/t19-,20+,22+/m0/s1. The van der Waals surface area contributed by atoms with E-state index in [0.29, 0.717) is 29.8 Å². The van der Waals surface area contributed by atoms with Gasteiger partial charge in [-0.2, -0.15) is 0 Å². The Hall–Kier alpha value is -2.81. The number of rotatable bonds is 6. The van der Waals surface area contributed by atoms with Gasteiger partial charge in [-0.1, -0.05) is 18.2 Å². The van der Waals surface area contributed by atoms with Crippen LogP contribution in [0.2, 0.25) is 0 Å². The van der Waals surface area contributed by atoms with Crippen LogP contribution >= 0.6 is 0 Å². The maximum atomic E-state index is 13.8. The molecule has 1 aliphatic heterocycles. The zero-order valence-electron chi connectivity index (χ0n) is 17.6. The largest absolute Gasteiger partial charge is 0.462 e. The Balaban J connectivity index is 1.90. The van der Waals surface area contributed by atoms with E-state index in [1.165, 1.54) is 32.9 Å². The van der Waals surface area contributed by atoms with E-state index >= 15 is 0 Å². The number of carbonyl (C=O) groups excluding carboxylic acids is 2. The number of halogens is 1. The highest BCUT2D eigenvalue weighted by Crippen LogP contribution is 2.32. The lowest BCUT2D eigenvalue weighted by atomic mass is 9.92. The Morgan fingerprint density at radius 1 is 1.23 bits per heavy atom. The lowest BCUT2D eigenvalue weighted by Gasteiger charge is -2.40. The summed E-state index contributed by atoms with van der Waals surface area (Å²) < 4.78 is 25.2. The van der Waals surface area contributed by atoms with Gasteiger partial charge in [0, 0.05) is 13.5 Å². The summed E-state index contributed by atoms with van der Waals surface area (Å²) in [6.07, 6.45) is -3.95. The molecule has 0 saturated carbocycles. The number of ether oxygens (including phenoxy) is 2. The van der Waals surface area contributed by atoms with E-state index in [1.54, 1.807) is 30.3 Å². The quantitative estimate of drug-likeness (QED) is 0.646. The number of ketones is 1. The molecule has 2 aromatic carbocycles. The number of nitrogens with one attached hydrogen (secondary N) is 1. The van der Waals surface area contributed by atoms with Crippen LogP contribution in [0.4, 0.5) is 4.39 Å². The summed E-state index contributed by atoms with van der Waals surface area (Å²) in [6.45, 7) is 4.82. The molecule has 0 unspecified atom stereocenters. The van der Waals surface area contributed by atoms with Crippen LogP contribution in [-0.4, -0.2) is 52.5 Å². The summed E-state index contributed by atoms with van der Waals surface area (Å²) in [5, 5.41) is 23.0. The molecule has 31 heavy (non-hydrogen) atoms. The second kappa shape index (κ2) is 9.13. The second-order valence-electron chi connectivity index (χ2n) is 7.98. The van der Waals surface area contributed by atoms with Gasteiger partial charge in [0.05, 0.1) is 0 Å². The summed E-state index contributed by atoms with van der Waals surface area (Å²) in [4.78, 5) is 23.2. The molecule has 1 fully saturated rings. The SMILES string of the molecule is CC(=O)NCCc1ccc(O[C@@H]2OC(C)(C)C(=O)[C@@H](O)[C@H]2O)cc1-c1cccc(F)c1. The van der Waals surface area contributed by atoms with Gasteiger partial charge >= 0.3 is 0 Å². The predicted octanol–water partition coefficient (Wildman–Crippen LogP) is 1.98. The fraction of sp³-hybridized carbons (Fsp3) is 0.391. The van der Waals surface area contributed by atoms with E-state index in [0.717, 1.165) is 5.56 Å². The summed E-state index contributed by atoms with van der Waals surface area (Å²) in [6, 6.07) is 11.2. The van der Waals surface area contributed by atoms with Gasteiger partial charge in [0.1, 0.15) is 29.4 Å². The molecule has 7 nitrogen and oxygen atoms in total. The number of aliphatic hydroxyl groups is 2. The molecular formula is C23H26FNO6. The first kappa shape index (κ1) is 22.9. The van der Waals surface area contributed by atoms with Crippen LogP contribution in [0, 0.1) is 5.82 Å². The molecule has 3 N–H and O–H groups in total. The Bertz CT molecular complexity index is 976. The third-order valence-electron chi connectivity index (χ3n) is 5.11. The third kappa shape index (κ3) is 5.28. The first-order valence-corrected chi connectivity index (χ1v) is 9.97. The Morgan fingerprint density at radius 2 is 1.97 bits per heavy atom. The van der Waals surface area contributed by atoms with Crippen molar-refractivity contribution in [3.63, 3.8) is 0 Å². The molecule has 1 amide bonds. The Labute approximate surface area is 179 Å². The van der Waals surface area contributed by atoms with Crippen molar-refractivity contribution in [1.29, 1.82) is 0 Å². The zero-order chi connectivity index (χ0) is 22.8.